The van der Waals surface area contributed by atoms with E-state index in [1.165, 1.54) is 12.1 Å². The highest BCUT2D eigenvalue weighted by atomic mass is 16.4. The molecule has 7 aromatic carbocycles. The summed E-state index contributed by atoms with van der Waals surface area (Å²) in [5.74, 6) is -1.34. The van der Waals surface area contributed by atoms with Crippen molar-refractivity contribution in [3.05, 3.63) is 223 Å². The fourth-order valence-corrected chi connectivity index (χ4v) is 7.27. The van der Waals surface area contributed by atoms with Crippen molar-refractivity contribution in [2.24, 2.45) is 0 Å². The van der Waals surface area contributed by atoms with E-state index in [1.807, 2.05) is 36.4 Å². The summed E-state index contributed by atoms with van der Waals surface area (Å²) in [5.41, 5.74) is 1.50. The summed E-state index contributed by atoms with van der Waals surface area (Å²) in [5, 5.41) is 41.4. The molecule has 0 radical (unpaired) electrons. The molecule has 0 spiro atoms. The van der Waals surface area contributed by atoms with E-state index in [-0.39, 0.29) is 56.5 Å². The molecule has 0 aliphatic carbocycles. The SMILES string of the molecule is O=c1c(O)c(-c2ccccc2)oc2cc3oc(-c4ccccc4)c(O)c(=O)c3cc12.O=c1c(O)c(-c2ccccc2)oc2ccccc12.O=c1c(O)c(-c2ccccc2)oc2ccccc12. The Labute approximate surface area is 372 Å². The minimum Gasteiger partial charge on any atom is -0.502 e. The highest BCUT2D eigenvalue weighted by Gasteiger charge is 2.21. The molecule has 0 atom stereocenters. The van der Waals surface area contributed by atoms with Gasteiger partial charge < -0.3 is 38.1 Å². The molecule has 11 rings (SSSR count). The number of aromatic hydroxyl groups is 4. The molecule has 4 N–H and O–H groups in total. The van der Waals surface area contributed by atoms with E-state index in [1.54, 1.807) is 133 Å². The van der Waals surface area contributed by atoms with Crippen LogP contribution in [0.2, 0.25) is 0 Å². The van der Waals surface area contributed by atoms with Gasteiger partial charge in [0.2, 0.25) is 44.7 Å². The van der Waals surface area contributed by atoms with Gasteiger partial charge in [-0.1, -0.05) is 146 Å². The molecule has 0 fully saturated rings. The highest BCUT2D eigenvalue weighted by molar-refractivity contribution is 5.95. The Morgan fingerprint density at radius 3 is 0.803 bits per heavy atom. The third-order valence-electron chi connectivity index (χ3n) is 10.5. The van der Waals surface area contributed by atoms with Gasteiger partial charge in [-0.2, -0.15) is 0 Å². The summed E-state index contributed by atoms with van der Waals surface area (Å²) in [7, 11) is 0. The van der Waals surface area contributed by atoms with Crippen molar-refractivity contribution < 1.29 is 38.1 Å². The fraction of sp³-hybridized carbons (Fsp3) is 0. The molecular formula is C54H34O12. The van der Waals surface area contributed by atoms with E-state index in [2.05, 4.69) is 0 Å². The molecule has 4 aromatic heterocycles. The van der Waals surface area contributed by atoms with Gasteiger partial charge in [0.25, 0.3) is 0 Å². The average molecular weight is 875 g/mol. The monoisotopic (exact) mass is 874 g/mol. The lowest BCUT2D eigenvalue weighted by Gasteiger charge is -2.09. The predicted molar refractivity (Wildman–Crippen MR) is 252 cm³/mol. The Kier molecular flexibility index (Phi) is 11.3. The van der Waals surface area contributed by atoms with Crippen molar-refractivity contribution in [1.82, 2.24) is 0 Å². The topological polar surface area (TPSA) is 202 Å². The second-order valence-corrected chi connectivity index (χ2v) is 14.7. The van der Waals surface area contributed by atoms with Crippen LogP contribution in [0.5, 0.6) is 23.0 Å². The quantitative estimate of drug-likeness (QED) is 0.122. The Morgan fingerprint density at radius 2 is 0.500 bits per heavy atom. The van der Waals surface area contributed by atoms with E-state index in [9.17, 15) is 39.6 Å². The number of fused-ring (bicyclic) bond motifs is 4. The average Bonchev–Trinajstić information content (AvgIpc) is 3.37. The van der Waals surface area contributed by atoms with E-state index in [0.29, 0.717) is 44.2 Å². The molecule has 322 valence electrons. The van der Waals surface area contributed by atoms with Gasteiger partial charge in [0, 0.05) is 28.3 Å². The van der Waals surface area contributed by atoms with E-state index >= 15 is 0 Å². The minimum atomic E-state index is -0.678. The largest absolute Gasteiger partial charge is 0.502 e. The number of hydrogen-bond donors (Lipinski definition) is 4. The lowest BCUT2D eigenvalue weighted by atomic mass is 10.1. The normalized spacial score (nSPS) is 10.9. The smallest absolute Gasteiger partial charge is 0.235 e. The zero-order chi connectivity index (χ0) is 45.9. The maximum atomic E-state index is 12.7. The Balaban J connectivity index is 0.000000132. The summed E-state index contributed by atoms with van der Waals surface area (Å²) in [6, 6.07) is 52.0. The maximum Gasteiger partial charge on any atom is 0.235 e. The van der Waals surface area contributed by atoms with Crippen molar-refractivity contribution in [2.75, 3.05) is 0 Å². The molecule has 0 amide bonds. The van der Waals surface area contributed by atoms with Crippen molar-refractivity contribution in [3.63, 3.8) is 0 Å². The summed E-state index contributed by atoms with van der Waals surface area (Å²) in [6.07, 6.45) is 0. The number of para-hydroxylation sites is 2. The van der Waals surface area contributed by atoms with Gasteiger partial charge in [-0.25, -0.2) is 0 Å². The van der Waals surface area contributed by atoms with Crippen LogP contribution in [0.15, 0.2) is 219 Å². The summed E-state index contributed by atoms with van der Waals surface area (Å²) in [6.45, 7) is 0. The molecule has 12 heteroatoms. The molecule has 0 aliphatic heterocycles. The molecule has 12 nitrogen and oxygen atoms in total. The molecule has 0 saturated carbocycles. The molecule has 66 heavy (non-hydrogen) atoms. The van der Waals surface area contributed by atoms with Crippen molar-refractivity contribution >= 4 is 43.9 Å². The molecule has 4 heterocycles. The third-order valence-corrected chi connectivity index (χ3v) is 10.5. The molecule has 0 unspecified atom stereocenters. The van der Waals surface area contributed by atoms with Crippen LogP contribution in [0.4, 0.5) is 0 Å². The molecule has 0 saturated heterocycles. The zero-order valence-corrected chi connectivity index (χ0v) is 34.4. The molecular weight excluding hydrogens is 841 g/mol. The van der Waals surface area contributed by atoms with E-state index in [4.69, 9.17) is 17.7 Å². The Bertz CT molecular complexity index is 3570. The highest BCUT2D eigenvalue weighted by Crippen LogP contribution is 2.35. The number of benzene rings is 7. The second kappa shape index (κ2) is 17.8. The summed E-state index contributed by atoms with van der Waals surface area (Å²) < 4.78 is 22.8. The van der Waals surface area contributed by atoms with Crippen molar-refractivity contribution in [1.29, 1.82) is 0 Å². The van der Waals surface area contributed by atoms with Gasteiger partial charge in [-0.3, -0.25) is 19.2 Å². The van der Waals surface area contributed by atoms with E-state index < -0.39 is 33.2 Å². The first-order valence-corrected chi connectivity index (χ1v) is 20.3. The number of hydrogen-bond acceptors (Lipinski definition) is 12. The van der Waals surface area contributed by atoms with Crippen LogP contribution in [0.3, 0.4) is 0 Å². The molecule has 0 aliphatic rings. The maximum absolute atomic E-state index is 12.7. The van der Waals surface area contributed by atoms with Crippen LogP contribution in [-0.2, 0) is 0 Å². The molecule has 0 bridgehead atoms. The standard InChI is InChI=1S/C24H14O6.2C15H10O3/c25-19-15-11-16-18(30-24(22(28)20(16)26)14-9-5-2-6-10-14)12-17(15)29-23(21(19)27)13-7-3-1-4-8-13;2*16-13-11-8-4-5-9-12(11)18-15(14(13)17)10-6-2-1-3-7-10/h1-12,27-28H;2*1-9,17H. The minimum absolute atomic E-state index is 0.0128. The van der Waals surface area contributed by atoms with E-state index in [0.717, 1.165) is 0 Å². The van der Waals surface area contributed by atoms with Crippen LogP contribution in [0.25, 0.3) is 89.2 Å². The van der Waals surface area contributed by atoms with Crippen LogP contribution < -0.4 is 21.7 Å². The fourth-order valence-electron chi connectivity index (χ4n) is 7.27. The Morgan fingerprint density at radius 1 is 0.258 bits per heavy atom. The predicted octanol–water partition coefficient (Wildman–Crippen LogP) is 11.0. The number of rotatable bonds is 4. The van der Waals surface area contributed by atoms with Gasteiger partial charge in [-0.05, 0) is 30.3 Å². The van der Waals surface area contributed by atoms with Gasteiger partial charge in [-0.15, -0.1) is 0 Å². The lowest BCUT2D eigenvalue weighted by Crippen LogP contribution is -2.06. The first-order valence-electron chi connectivity index (χ1n) is 20.3. The zero-order valence-electron chi connectivity index (χ0n) is 34.4. The van der Waals surface area contributed by atoms with Gasteiger partial charge >= 0.3 is 0 Å². The van der Waals surface area contributed by atoms with Crippen LogP contribution in [-0.4, -0.2) is 20.4 Å². The van der Waals surface area contributed by atoms with Crippen molar-refractivity contribution in [2.45, 2.75) is 0 Å². The summed E-state index contributed by atoms with van der Waals surface area (Å²) in [4.78, 5) is 49.5. The van der Waals surface area contributed by atoms with Crippen LogP contribution in [0.1, 0.15) is 0 Å². The van der Waals surface area contributed by atoms with Gasteiger partial charge in [0.1, 0.15) is 22.3 Å². The lowest BCUT2D eigenvalue weighted by molar-refractivity contribution is 0.447. The van der Waals surface area contributed by atoms with Crippen molar-refractivity contribution in [3.8, 4) is 68.3 Å². The van der Waals surface area contributed by atoms with Crippen LogP contribution in [0, 0.1) is 0 Å². The second-order valence-electron chi connectivity index (χ2n) is 14.7. The third kappa shape index (κ3) is 7.93. The van der Waals surface area contributed by atoms with Crippen LogP contribution >= 0.6 is 0 Å². The summed E-state index contributed by atoms with van der Waals surface area (Å²) >= 11 is 0. The Hall–Kier alpha value is -9.42. The first kappa shape index (κ1) is 41.9. The molecule has 11 aromatic rings. The van der Waals surface area contributed by atoms with Gasteiger partial charge in [0.15, 0.2) is 23.0 Å². The first-order chi connectivity index (χ1) is 32.1. The van der Waals surface area contributed by atoms with Gasteiger partial charge in [0.05, 0.1) is 21.5 Å².